The van der Waals surface area contributed by atoms with Gasteiger partial charge in [0.1, 0.15) is 12.1 Å². The monoisotopic (exact) mass is 271 g/mol. The number of hydrogen-bond acceptors (Lipinski definition) is 6. The van der Waals surface area contributed by atoms with Crippen LogP contribution in [0.4, 0.5) is 5.82 Å². The largest absolute Gasteiger partial charge is 0.478 e. The molecule has 2 N–H and O–H groups in total. The molecule has 0 amide bonds. The summed E-state index contributed by atoms with van der Waals surface area (Å²) in [7, 11) is 0. The SMILES string of the molecule is CCCOc1cc(NCCSCCCO)ncn1. The molecule has 18 heavy (non-hydrogen) atoms. The normalized spacial score (nSPS) is 10.3. The number of nitrogens with one attached hydrogen (secondary N) is 1. The third kappa shape index (κ3) is 6.66. The lowest BCUT2D eigenvalue weighted by Crippen LogP contribution is -2.07. The third-order valence-electron chi connectivity index (χ3n) is 2.10. The molecule has 0 radical (unpaired) electrons. The van der Waals surface area contributed by atoms with Crippen LogP contribution in [0.25, 0.3) is 0 Å². The van der Waals surface area contributed by atoms with Crippen molar-refractivity contribution in [1.82, 2.24) is 9.97 Å². The summed E-state index contributed by atoms with van der Waals surface area (Å²) < 4.78 is 5.43. The summed E-state index contributed by atoms with van der Waals surface area (Å²) >= 11 is 1.82. The number of aliphatic hydroxyl groups is 1. The van der Waals surface area contributed by atoms with E-state index in [0.29, 0.717) is 12.5 Å². The Bertz CT molecular complexity index is 326. The van der Waals surface area contributed by atoms with E-state index in [0.717, 1.165) is 36.7 Å². The van der Waals surface area contributed by atoms with Crippen LogP contribution in [0.15, 0.2) is 12.4 Å². The van der Waals surface area contributed by atoms with E-state index >= 15 is 0 Å². The fourth-order valence-corrected chi connectivity index (χ4v) is 2.03. The summed E-state index contributed by atoms with van der Waals surface area (Å²) in [5, 5.41) is 11.9. The standard InChI is InChI=1S/C12H21N3O2S/c1-2-6-17-12-9-11(14-10-15-12)13-4-8-18-7-3-5-16/h9-10,16H,2-8H2,1H3,(H,13,14,15). The molecule has 0 atom stereocenters. The van der Waals surface area contributed by atoms with Crippen molar-refractivity contribution in [1.29, 1.82) is 0 Å². The maximum Gasteiger partial charge on any atom is 0.218 e. The van der Waals surface area contributed by atoms with E-state index in [1.54, 1.807) is 0 Å². The van der Waals surface area contributed by atoms with Gasteiger partial charge < -0.3 is 15.2 Å². The van der Waals surface area contributed by atoms with Gasteiger partial charge in [-0.3, -0.25) is 0 Å². The topological polar surface area (TPSA) is 67.3 Å². The minimum atomic E-state index is 0.268. The first-order chi connectivity index (χ1) is 8.86. The molecule has 1 rings (SSSR count). The first-order valence-corrected chi connectivity index (χ1v) is 7.39. The zero-order valence-electron chi connectivity index (χ0n) is 10.8. The Hall–Kier alpha value is -1.01. The van der Waals surface area contributed by atoms with E-state index in [1.807, 2.05) is 17.8 Å². The minimum absolute atomic E-state index is 0.268. The molecule has 1 aromatic rings. The molecule has 1 heterocycles. The van der Waals surface area contributed by atoms with Crippen molar-refractivity contribution in [3.8, 4) is 5.88 Å². The van der Waals surface area contributed by atoms with Crippen molar-refractivity contribution < 1.29 is 9.84 Å². The highest BCUT2D eigenvalue weighted by Gasteiger charge is 1.98. The first-order valence-electron chi connectivity index (χ1n) is 6.24. The molecule has 0 aromatic carbocycles. The summed E-state index contributed by atoms with van der Waals surface area (Å²) in [4.78, 5) is 8.17. The minimum Gasteiger partial charge on any atom is -0.478 e. The van der Waals surface area contributed by atoms with E-state index in [2.05, 4.69) is 22.2 Å². The Kier molecular flexibility index (Phi) is 8.33. The number of rotatable bonds is 10. The molecule has 0 aliphatic heterocycles. The van der Waals surface area contributed by atoms with Crippen LogP contribution < -0.4 is 10.1 Å². The van der Waals surface area contributed by atoms with E-state index < -0.39 is 0 Å². The van der Waals surface area contributed by atoms with Crippen LogP contribution >= 0.6 is 11.8 Å². The third-order valence-corrected chi connectivity index (χ3v) is 3.17. The lowest BCUT2D eigenvalue weighted by molar-refractivity contribution is 0.296. The first kappa shape index (κ1) is 15.0. The van der Waals surface area contributed by atoms with Crippen molar-refractivity contribution >= 4 is 17.6 Å². The van der Waals surface area contributed by atoms with Crippen LogP contribution in [-0.2, 0) is 0 Å². The summed E-state index contributed by atoms with van der Waals surface area (Å²) in [6.45, 7) is 3.85. The molecule has 0 aliphatic carbocycles. The fraction of sp³-hybridized carbons (Fsp3) is 0.667. The second kappa shape index (κ2) is 9.96. The molecule has 0 unspecified atom stereocenters. The molecule has 0 fully saturated rings. The van der Waals surface area contributed by atoms with Gasteiger partial charge in [0.05, 0.1) is 6.61 Å². The van der Waals surface area contributed by atoms with Gasteiger partial charge in [0, 0.05) is 25.0 Å². The predicted octanol–water partition coefficient (Wildman–Crippen LogP) is 1.79. The number of aliphatic hydroxyl groups excluding tert-OH is 1. The van der Waals surface area contributed by atoms with Crippen LogP contribution in [0.3, 0.4) is 0 Å². The molecular formula is C12H21N3O2S. The Morgan fingerprint density at radius 3 is 3.06 bits per heavy atom. The van der Waals surface area contributed by atoms with Crippen LogP contribution in [0.5, 0.6) is 5.88 Å². The second-order valence-electron chi connectivity index (χ2n) is 3.71. The van der Waals surface area contributed by atoms with Crippen LogP contribution in [0.1, 0.15) is 19.8 Å². The Morgan fingerprint density at radius 2 is 2.28 bits per heavy atom. The van der Waals surface area contributed by atoms with Crippen molar-refractivity contribution in [2.75, 3.05) is 36.6 Å². The number of aromatic nitrogens is 2. The molecule has 0 spiro atoms. The number of ether oxygens (including phenoxy) is 1. The van der Waals surface area contributed by atoms with Crippen molar-refractivity contribution in [2.45, 2.75) is 19.8 Å². The average Bonchev–Trinajstić information content (AvgIpc) is 2.41. The van der Waals surface area contributed by atoms with Gasteiger partial charge in [-0.05, 0) is 18.6 Å². The molecule has 5 nitrogen and oxygen atoms in total. The van der Waals surface area contributed by atoms with E-state index in [1.165, 1.54) is 6.33 Å². The molecule has 0 aliphatic rings. The summed E-state index contributed by atoms with van der Waals surface area (Å²) in [5.41, 5.74) is 0. The quantitative estimate of drug-likeness (QED) is 0.632. The van der Waals surface area contributed by atoms with Crippen LogP contribution in [-0.4, -0.2) is 46.3 Å². The number of anilines is 1. The summed E-state index contributed by atoms with van der Waals surface area (Å²) in [6, 6.07) is 1.81. The molecule has 1 aromatic heterocycles. The number of nitrogens with zero attached hydrogens (tertiary/aromatic N) is 2. The van der Waals surface area contributed by atoms with Gasteiger partial charge in [-0.25, -0.2) is 9.97 Å². The average molecular weight is 271 g/mol. The predicted molar refractivity (Wildman–Crippen MR) is 75.3 cm³/mol. The van der Waals surface area contributed by atoms with Gasteiger partial charge in [-0.2, -0.15) is 11.8 Å². The maximum atomic E-state index is 8.64. The van der Waals surface area contributed by atoms with Gasteiger partial charge in [0.2, 0.25) is 5.88 Å². The van der Waals surface area contributed by atoms with Crippen molar-refractivity contribution in [3.63, 3.8) is 0 Å². The van der Waals surface area contributed by atoms with Crippen molar-refractivity contribution in [2.24, 2.45) is 0 Å². The molecule has 6 heteroatoms. The number of thioether (sulfide) groups is 1. The molecule has 102 valence electrons. The zero-order chi connectivity index (χ0) is 13.1. The highest BCUT2D eigenvalue weighted by Crippen LogP contribution is 2.11. The highest BCUT2D eigenvalue weighted by atomic mass is 32.2. The van der Waals surface area contributed by atoms with Gasteiger partial charge in [-0.15, -0.1) is 0 Å². The Morgan fingerprint density at radius 1 is 1.39 bits per heavy atom. The van der Waals surface area contributed by atoms with Gasteiger partial charge in [-0.1, -0.05) is 6.92 Å². The summed E-state index contributed by atoms with van der Waals surface area (Å²) in [5.74, 6) is 3.39. The molecule has 0 saturated heterocycles. The fourth-order valence-electron chi connectivity index (χ4n) is 1.24. The Labute approximate surface area is 112 Å². The smallest absolute Gasteiger partial charge is 0.218 e. The van der Waals surface area contributed by atoms with Crippen molar-refractivity contribution in [3.05, 3.63) is 12.4 Å². The molecular weight excluding hydrogens is 250 g/mol. The van der Waals surface area contributed by atoms with E-state index in [4.69, 9.17) is 9.84 Å². The molecule has 0 bridgehead atoms. The van der Waals surface area contributed by atoms with Gasteiger partial charge in [0.15, 0.2) is 0 Å². The van der Waals surface area contributed by atoms with Gasteiger partial charge >= 0.3 is 0 Å². The molecule has 0 saturated carbocycles. The lowest BCUT2D eigenvalue weighted by Gasteiger charge is -2.07. The van der Waals surface area contributed by atoms with E-state index in [9.17, 15) is 0 Å². The van der Waals surface area contributed by atoms with E-state index in [-0.39, 0.29) is 6.61 Å². The second-order valence-corrected chi connectivity index (χ2v) is 4.93. The van der Waals surface area contributed by atoms with Gasteiger partial charge in [0.25, 0.3) is 0 Å². The summed E-state index contributed by atoms with van der Waals surface area (Å²) in [6.07, 6.45) is 3.33. The lowest BCUT2D eigenvalue weighted by atomic mass is 10.5. The Balaban J connectivity index is 2.20. The van der Waals surface area contributed by atoms with Crippen LogP contribution in [0, 0.1) is 0 Å². The van der Waals surface area contributed by atoms with Crippen LogP contribution in [0.2, 0.25) is 0 Å². The maximum absolute atomic E-state index is 8.64. The number of hydrogen-bond donors (Lipinski definition) is 2. The zero-order valence-corrected chi connectivity index (χ0v) is 11.6. The highest BCUT2D eigenvalue weighted by molar-refractivity contribution is 7.99.